The maximum atomic E-state index is 4.69. The molecule has 1 saturated heterocycles. The molecule has 0 aromatic carbocycles. The lowest BCUT2D eigenvalue weighted by Gasteiger charge is -2.41. The van der Waals surface area contributed by atoms with Gasteiger partial charge in [0.2, 0.25) is 0 Å². The van der Waals surface area contributed by atoms with E-state index in [-0.39, 0.29) is 0 Å². The molecule has 2 heterocycles. The van der Waals surface area contributed by atoms with Crippen LogP contribution >= 0.6 is 0 Å². The van der Waals surface area contributed by atoms with Crippen molar-refractivity contribution in [1.82, 2.24) is 10.3 Å². The van der Waals surface area contributed by atoms with Crippen LogP contribution < -0.4 is 10.2 Å². The van der Waals surface area contributed by atoms with Crippen molar-refractivity contribution in [3.8, 4) is 0 Å². The zero-order valence-corrected chi connectivity index (χ0v) is 12.8. The standard InChI is InChI=1S/C17H27N3/c1-13(18-2)15-7-8-17(19-11-15)20-10-9-14-5-3-4-6-16(14)12-20/h7-8,11,13-14,16,18H,3-6,9-10,12H2,1-2H3. The third-order valence-corrected chi connectivity index (χ3v) is 5.32. The number of rotatable bonds is 3. The number of nitrogens with zero attached hydrogens (tertiary/aromatic N) is 2. The monoisotopic (exact) mass is 273 g/mol. The second-order valence-electron chi connectivity index (χ2n) is 6.50. The van der Waals surface area contributed by atoms with Crippen LogP contribution in [0.25, 0.3) is 0 Å². The first-order valence-electron chi connectivity index (χ1n) is 8.16. The van der Waals surface area contributed by atoms with Crippen LogP contribution in [0.15, 0.2) is 18.3 Å². The van der Waals surface area contributed by atoms with Gasteiger partial charge >= 0.3 is 0 Å². The molecule has 2 fully saturated rings. The molecule has 3 atom stereocenters. The number of aromatic nitrogens is 1. The highest BCUT2D eigenvalue weighted by Gasteiger charge is 2.31. The Morgan fingerprint density at radius 1 is 1.20 bits per heavy atom. The zero-order valence-electron chi connectivity index (χ0n) is 12.8. The molecule has 1 aliphatic heterocycles. The SMILES string of the molecule is CNC(C)c1ccc(N2CCC3CCCCC3C2)nc1. The molecule has 20 heavy (non-hydrogen) atoms. The van der Waals surface area contributed by atoms with Crippen molar-refractivity contribution in [2.45, 2.75) is 45.1 Å². The van der Waals surface area contributed by atoms with Gasteiger partial charge in [0, 0.05) is 25.3 Å². The fraction of sp³-hybridized carbons (Fsp3) is 0.706. The summed E-state index contributed by atoms with van der Waals surface area (Å²) in [6.45, 7) is 4.58. The quantitative estimate of drug-likeness (QED) is 0.915. The average molecular weight is 273 g/mol. The Kier molecular flexibility index (Phi) is 4.25. The highest BCUT2D eigenvalue weighted by atomic mass is 15.2. The summed E-state index contributed by atoms with van der Waals surface area (Å²) in [5.41, 5.74) is 1.27. The summed E-state index contributed by atoms with van der Waals surface area (Å²) >= 11 is 0. The third-order valence-electron chi connectivity index (χ3n) is 5.32. The molecular formula is C17H27N3. The first-order valence-corrected chi connectivity index (χ1v) is 8.16. The van der Waals surface area contributed by atoms with Crippen LogP contribution in [-0.4, -0.2) is 25.1 Å². The van der Waals surface area contributed by atoms with E-state index in [1.807, 2.05) is 13.2 Å². The number of hydrogen-bond acceptors (Lipinski definition) is 3. The summed E-state index contributed by atoms with van der Waals surface area (Å²) in [5, 5.41) is 3.26. The van der Waals surface area contributed by atoms with E-state index in [9.17, 15) is 0 Å². The van der Waals surface area contributed by atoms with Gasteiger partial charge in [-0.1, -0.05) is 25.3 Å². The van der Waals surface area contributed by atoms with Gasteiger partial charge in [0.25, 0.3) is 0 Å². The summed E-state index contributed by atoms with van der Waals surface area (Å²) < 4.78 is 0. The molecule has 1 aliphatic carbocycles. The minimum absolute atomic E-state index is 0.376. The number of pyridine rings is 1. The highest BCUT2D eigenvalue weighted by Crippen LogP contribution is 2.37. The van der Waals surface area contributed by atoms with Gasteiger partial charge in [-0.15, -0.1) is 0 Å². The Labute approximate surface area is 122 Å². The summed E-state index contributed by atoms with van der Waals surface area (Å²) in [6.07, 6.45) is 9.17. The van der Waals surface area contributed by atoms with E-state index >= 15 is 0 Å². The van der Waals surface area contributed by atoms with Crippen molar-refractivity contribution in [2.75, 3.05) is 25.0 Å². The Morgan fingerprint density at radius 3 is 2.70 bits per heavy atom. The Balaban J connectivity index is 1.67. The van der Waals surface area contributed by atoms with Crippen LogP contribution in [0.3, 0.4) is 0 Å². The lowest BCUT2D eigenvalue weighted by atomic mass is 9.75. The summed E-state index contributed by atoms with van der Waals surface area (Å²) in [7, 11) is 1.99. The Morgan fingerprint density at radius 2 is 2.00 bits per heavy atom. The third kappa shape index (κ3) is 2.83. The molecule has 3 nitrogen and oxygen atoms in total. The van der Waals surface area contributed by atoms with Crippen LogP contribution in [0.1, 0.15) is 50.6 Å². The highest BCUT2D eigenvalue weighted by molar-refractivity contribution is 5.40. The maximum absolute atomic E-state index is 4.69. The second kappa shape index (κ2) is 6.13. The Bertz CT molecular complexity index is 428. The first-order chi connectivity index (χ1) is 9.78. The van der Waals surface area contributed by atoms with Gasteiger partial charge in [-0.25, -0.2) is 4.98 Å². The molecule has 0 bridgehead atoms. The number of hydrogen-bond donors (Lipinski definition) is 1. The van der Waals surface area contributed by atoms with E-state index in [0.29, 0.717) is 6.04 Å². The molecule has 3 heteroatoms. The summed E-state index contributed by atoms with van der Waals surface area (Å²) in [5.74, 6) is 3.07. The fourth-order valence-electron chi connectivity index (χ4n) is 3.82. The van der Waals surface area contributed by atoms with E-state index in [4.69, 9.17) is 4.98 Å². The van der Waals surface area contributed by atoms with Gasteiger partial charge < -0.3 is 10.2 Å². The van der Waals surface area contributed by atoms with E-state index in [0.717, 1.165) is 11.8 Å². The smallest absolute Gasteiger partial charge is 0.128 e. The van der Waals surface area contributed by atoms with Crippen LogP contribution in [0.2, 0.25) is 0 Å². The predicted octanol–water partition coefficient (Wildman–Crippen LogP) is 3.38. The predicted molar refractivity (Wildman–Crippen MR) is 84.0 cm³/mol. The van der Waals surface area contributed by atoms with Crippen LogP contribution in [0.5, 0.6) is 0 Å². The summed E-state index contributed by atoms with van der Waals surface area (Å²) in [4.78, 5) is 7.20. The van der Waals surface area contributed by atoms with Crippen LogP contribution in [0.4, 0.5) is 5.82 Å². The number of nitrogens with one attached hydrogen (secondary N) is 1. The minimum Gasteiger partial charge on any atom is -0.356 e. The molecule has 0 amide bonds. The molecule has 3 rings (SSSR count). The van der Waals surface area contributed by atoms with Gasteiger partial charge in [-0.3, -0.25) is 0 Å². The van der Waals surface area contributed by atoms with Gasteiger partial charge in [-0.05, 0) is 50.3 Å². The van der Waals surface area contributed by atoms with Crippen LogP contribution in [-0.2, 0) is 0 Å². The molecule has 0 radical (unpaired) electrons. The average Bonchev–Trinajstić information content (AvgIpc) is 2.54. The Hall–Kier alpha value is -1.09. The van der Waals surface area contributed by atoms with Crippen LogP contribution in [0, 0.1) is 11.8 Å². The van der Waals surface area contributed by atoms with Gasteiger partial charge in [0.05, 0.1) is 0 Å². The maximum Gasteiger partial charge on any atom is 0.128 e. The van der Waals surface area contributed by atoms with Crippen molar-refractivity contribution < 1.29 is 0 Å². The van der Waals surface area contributed by atoms with Crippen molar-refractivity contribution in [3.63, 3.8) is 0 Å². The van der Waals surface area contributed by atoms with E-state index in [2.05, 4.69) is 29.3 Å². The number of piperidine rings is 1. The van der Waals surface area contributed by atoms with Gasteiger partial charge in [-0.2, -0.15) is 0 Å². The topological polar surface area (TPSA) is 28.2 Å². The molecule has 1 saturated carbocycles. The number of anilines is 1. The normalized spacial score (nSPS) is 28.0. The molecule has 1 aromatic heterocycles. The second-order valence-corrected chi connectivity index (χ2v) is 6.50. The molecule has 1 aromatic rings. The van der Waals surface area contributed by atoms with E-state index in [1.165, 1.54) is 56.6 Å². The van der Waals surface area contributed by atoms with Crippen molar-refractivity contribution in [3.05, 3.63) is 23.9 Å². The fourth-order valence-corrected chi connectivity index (χ4v) is 3.82. The lowest BCUT2D eigenvalue weighted by Crippen LogP contribution is -2.42. The molecule has 110 valence electrons. The van der Waals surface area contributed by atoms with Crippen molar-refractivity contribution in [2.24, 2.45) is 11.8 Å². The summed E-state index contributed by atoms with van der Waals surface area (Å²) in [6, 6.07) is 4.80. The number of fused-ring (bicyclic) bond motifs is 1. The molecule has 1 N–H and O–H groups in total. The zero-order chi connectivity index (χ0) is 13.9. The first kappa shape index (κ1) is 13.9. The largest absolute Gasteiger partial charge is 0.356 e. The lowest BCUT2D eigenvalue weighted by molar-refractivity contribution is 0.202. The van der Waals surface area contributed by atoms with E-state index in [1.54, 1.807) is 0 Å². The van der Waals surface area contributed by atoms with E-state index < -0.39 is 0 Å². The molecular weight excluding hydrogens is 246 g/mol. The molecule has 3 unspecified atom stereocenters. The van der Waals surface area contributed by atoms with Crippen molar-refractivity contribution >= 4 is 5.82 Å². The van der Waals surface area contributed by atoms with Gasteiger partial charge in [0.1, 0.15) is 5.82 Å². The minimum atomic E-state index is 0.376. The van der Waals surface area contributed by atoms with Gasteiger partial charge in [0.15, 0.2) is 0 Å². The molecule has 0 spiro atoms. The van der Waals surface area contributed by atoms with Crippen molar-refractivity contribution in [1.29, 1.82) is 0 Å². The molecule has 2 aliphatic rings.